The lowest BCUT2D eigenvalue weighted by Gasteiger charge is -2.29. The Kier molecular flexibility index (Phi) is 20.6. The maximum Gasteiger partial charge on any atom is 0.292 e. The van der Waals surface area contributed by atoms with Gasteiger partial charge in [0.1, 0.15) is 18.1 Å². The molecule has 0 radical (unpaired) electrons. The molecule has 3 aromatic carbocycles. The van der Waals surface area contributed by atoms with Gasteiger partial charge in [-0.3, -0.25) is 92.7 Å². The maximum absolute atomic E-state index is 12.8. The average molecular weight is 1380 g/mol. The molecule has 9 heterocycles. The first-order valence-electron chi connectivity index (χ1n) is 30.1. The third-order valence-electron chi connectivity index (χ3n) is 16.6. The van der Waals surface area contributed by atoms with Crippen molar-refractivity contribution in [1.82, 2.24) is 46.6 Å². The minimum Gasteiger partial charge on any atom is -0.344 e. The Bertz CT molecular complexity index is 4300. The quantitative estimate of drug-likeness (QED) is 0.0383. The number of nitrogens with one attached hydrogen (secondary N) is 7. The first-order valence-corrected chi connectivity index (χ1v) is 33.1. The molecule has 96 heavy (non-hydrogen) atoms. The highest BCUT2D eigenvalue weighted by atomic mass is 35.5. The summed E-state index contributed by atoms with van der Waals surface area (Å²) in [6.07, 6.45) is 1.39. The number of carbonyl (C=O) groups is 16. The highest BCUT2D eigenvalue weighted by Crippen LogP contribution is 2.37. The average Bonchev–Trinajstić information content (AvgIpc) is 1.63. The lowest BCUT2D eigenvalue weighted by molar-refractivity contribution is -0.138. The van der Waals surface area contributed by atoms with Crippen LogP contribution in [0, 0.1) is 0 Å². The number of Topliss-reactive ketones (excluding diaryl/α,β-unsaturated/α-hetero) is 3. The standard InChI is InChI=1S/C24H25N3O5S.C22H20N4O6S.C20H16ClN3O5S/c1-24(2,3)14-6-4-5-13(9-14)20(29)22(31)25-10-18-15-11-27(23(32)16(15)12-33-18)17-7-8-19(28)26-21(17)30;1-11(27)24-13-4-2-12(3-5-13)19(29)21(31)23-8-17-14-9-26(22(32)15(14)10-33-17)16-6-7-18(28)25-20(16)30;21-11-3-1-10(2-4-11)17(26)19(28)22-7-15-12-8-24(20(29)13(12)9-30-15)14-5-6-16(25)23-18(14)27/h4-6,9,12,17H,7-8,10-11H2,1-3H3,(H,25,31)(H,26,28,30);2-5,10,16H,6-9H2,1H3,(H,23,31)(H,24,27)(H,25,28,30);1-4,9,14H,5-8H2,(H,22,28)(H,23,25,27). The summed E-state index contributed by atoms with van der Waals surface area (Å²) in [5, 5.41) is 22.7. The molecule has 6 aliphatic heterocycles. The second kappa shape index (κ2) is 28.8. The van der Waals surface area contributed by atoms with E-state index in [0.29, 0.717) is 38.5 Å². The Morgan fingerprint density at radius 2 is 0.833 bits per heavy atom. The summed E-state index contributed by atoms with van der Waals surface area (Å²) in [5.74, 6) is -7.81. The molecule has 0 bridgehead atoms. The summed E-state index contributed by atoms with van der Waals surface area (Å²) in [4.78, 5) is 201. The van der Waals surface area contributed by atoms with Crippen LogP contribution >= 0.6 is 45.6 Å². The first-order chi connectivity index (χ1) is 45.6. The van der Waals surface area contributed by atoms with Crippen LogP contribution in [0.1, 0.15) is 165 Å². The van der Waals surface area contributed by atoms with Gasteiger partial charge in [0.2, 0.25) is 58.7 Å². The predicted octanol–water partition coefficient (Wildman–Crippen LogP) is 4.93. The molecule has 3 fully saturated rings. The molecular weight excluding hydrogens is 1320 g/mol. The number of anilines is 1. The fraction of sp³-hybridized carbons (Fsp3) is 0.303. The number of hydrogen-bond acceptors (Lipinski definition) is 19. The van der Waals surface area contributed by atoms with Gasteiger partial charge in [0.15, 0.2) is 0 Å². The third-order valence-corrected chi connectivity index (χ3v) is 19.9. The van der Waals surface area contributed by atoms with Crippen molar-refractivity contribution in [2.24, 2.45) is 0 Å². The van der Waals surface area contributed by atoms with Crippen LogP contribution in [0.5, 0.6) is 0 Å². The van der Waals surface area contributed by atoms with E-state index in [9.17, 15) is 76.7 Å². The zero-order valence-electron chi connectivity index (χ0n) is 51.9. The van der Waals surface area contributed by atoms with Gasteiger partial charge in [-0.05, 0) is 102 Å². The molecule has 3 saturated heterocycles. The minimum absolute atomic E-state index is 0.0605. The summed E-state index contributed by atoms with van der Waals surface area (Å²) < 4.78 is 0. The SMILES string of the molecule is CC(=O)Nc1ccc(C(=O)C(=O)NCc2scc3c2CN(C2CCC(=O)NC2=O)C3=O)cc1.CC(C)(C)c1cccc(C(=O)C(=O)NCc2scc3c2CN(C2CCC(=O)NC2=O)C3=O)c1.O=C1CCC(N2Cc3c(csc3CNC(=O)C(=O)c3ccc(Cl)cc3)C2=O)C(=O)N1. The molecule has 6 aromatic rings. The second-order valence-electron chi connectivity index (χ2n) is 24.0. The lowest BCUT2D eigenvalue weighted by Crippen LogP contribution is -2.52. The zero-order valence-corrected chi connectivity index (χ0v) is 55.1. The van der Waals surface area contributed by atoms with Crippen molar-refractivity contribution < 1.29 is 76.7 Å². The van der Waals surface area contributed by atoms with E-state index in [-0.39, 0.29) is 136 Å². The Labute approximate surface area is 564 Å². The molecule has 6 aliphatic rings. The summed E-state index contributed by atoms with van der Waals surface area (Å²) >= 11 is 9.73. The zero-order chi connectivity index (χ0) is 69.0. The Morgan fingerprint density at radius 3 is 1.17 bits per heavy atom. The van der Waals surface area contributed by atoms with Crippen LogP contribution in [0.15, 0.2) is 88.9 Å². The number of piperidine rings is 3. The van der Waals surface area contributed by atoms with Crippen molar-refractivity contribution in [1.29, 1.82) is 0 Å². The van der Waals surface area contributed by atoms with Crippen LogP contribution in [-0.4, -0.2) is 127 Å². The highest BCUT2D eigenvalue weighted by molar-refractivity contribution is 7.11. The lowest BCUT2D eigenvalue weighted by atomic mass is 9.86. The molecule has 3 unspecified atom stereocenters. The second-order valence-corrected chi connectivity index (χ2v) is 27.3. The van der Waals surface area contributed by atoms with E-state index < -0.39 is 70.9 Å². The molecule has 26 nitrogen and oxygen atoms in total. The van der Waals surface area contributed by atoms with Crippen molar-refractivity contribution in [3.05, 3.63) is 164 Å². The van der Waals surface area contributed by atoms with Crippen LogP contribution in [0.2, 0.25) is 5.02 Å². The van der Waals surface area contributed by atoms with Gasteiger partial charge < -0.3 is 36.0 Å². The first kappa shape index (κ1) is 68.6. The van der Waals surface area contributed by atoms with Gasteiger partial charge in [-0.25, -0.2) is 0 Å². The number of imide groups is 3. The smallest absolute Gasteiger partial charge is 0.292 e. The maximum atomic E-state index is 12.8. The number of carbonyl (C=O) groups excluding carboxylic acids is 16. The van der Waals surface area contributed by atoms with Crippen molar-refractivity contribution in [2.45, 2.75) is 129 Å². The van der Waals surface area contributed by atoms with E-state index in [1.807, 2.05) is 26.8 Å². The fourth-order valence-corrected chi connectivity index (χ4v) is 14.5. The summed E-state index contributed by atoms with van der Waals surface area (Å²) in [7, 11) is 0. The third kappa shape index (κ3) is 15.1. The molecule has 3 aromatic heterocycles. The Morgan fingerprint density at radius 1 is 0.490 bits per heavy atom. The molecule has 496 valence electrons. The van der Waals surface area contributed by atoms with Crippen LogP contribution in [0.4, 0.5) is 5.69 Å². The number of nitrogens with zero attached hydrogens (tertiary/aromatic N) is 3. The van der Waals surface area contributed by atoms with Gasteiger partial charge >= 0.3 is 0 Å². The Hall–Kier alpha value is -10.2. The molecule has 0 saturated carbocycles. The van der Waals surface area contributed by atoms with E-state index in [1.54, 1.807) is 34.3 Å². The summed E-state index contributed by atoms with van der Waals surface area (Å²) in [6.45, 7) is 8.39. The van der Waals surface area contributed by atoms with Gasteiger partial charge in [-0.2, -0.15) is 0 Å². The van der Waals surface area contributed by atoms with Gasteiger partial charge in [-0.15, -0.1) is 34.0 Å². The van der Waals surface area contributed by atoms with E-state index in [2.05, 4.69) is 37.2 Å². The largest absolute Gasteiger partial charge is 0.344 e. The van der Waals surface area contributed by atoms with Gasteiger partial charge in [-0.1, -0.05) is 50.6 Å². The monoisotopic (exact) mass is 1380 g/mol. The molecule has 12 rings (SSSR count). The number of rotatable bonds is 16. The molecular formula is C66H61ClN10O16S3. The predicted molar refractivity (Wildman–Crippen MR) is 347 cm³/mol. The molecule has 0 spiro atoms. The van der Waals surface area contributed by atoms with Gasteiger partial charge in [0.05, 0.1) is 36.3 Å². The van der Waals surface area contributed by atoms with E-state index >= 15 is 0 Å². The van der Waals surface area contributed by atoms with Crippen LogP contribution < -0.4 is 37.2 Å². The number of hydrogen-bond donors (Lipinski definition) is 7. The normalized spacial score (nSPS) is 17.9. The number of amides is 13. The van der Waals surface area contributed by atoms with Gasteiger partial charge in [0.25, 0.3) is 35.4 Å². The van der Waals surface area contributed by atoms with Crippen molar-refractivity contribution in [2.75, 3.05) is 5.32 Å². The molecule has 13 amide bonds. The van der Waals surface area contributed by atoms with Crippen molar-refractivity contribution in [3.63, 3.8) is 0 Å². The van der Waals surface area contributed by atoms with Crippen molar-refractivity contribution >= 4 is 145 Å². The van der Waals surface area contributed by atoms with E-state index in [4.69, 9.17) is 11.6 Å². The summed E-state index contributed by atoms with van der Waals surface area (Å²) in [6, 6.07) is 16.9. The van der Waals surface area contributed by atoms with E-state index in [1.165, 1.54) is 104 Å². The molecule has 30 heteroatoms. The fourth-order valence-electron chi connectivity index (χ4n) is 11.4. The number of benzene rings is 3. The molecule has 0 aliphatic carbocycles. The van der Waals surface area contributed by atoms with Crippen LogP contribution in [0.25, 0.3) is 0 Å². The number of halogens is 1. The molecule has 7 N–H and O–H groups in total. The highest BCUT2D eigenvalue weighted by Gasteiger charge is 2.44. The number of ketones is 3. The van der Waals surface area contributed by atoms with E-state index in [0.717, 1.165) is 31.3 Å². The Balaban J connectivity index is 0.000000157. The van der Waals surface area contributed by atoms with Crippen LogP contribution in [0.3, 0.4) is 0 Å². The summed E-state index contributed by atoms with van der Waals surface area (Å²) in [5.41, 5.74) is 5.70. The van der Waals surface area contributed by atoms with Crippen LogP contribution in [-0.2, 0) is 92.6 Å². The van der Waals surface area contributed by atoms with Gasteiger partial charge in [0, 0.05) is 104 Å². The number of thiophene rings is 3. The van der Waals surface area contributed by atoms with Crippen molar-refractivity contribution in [3.8, 4) is 0 Å². The minimum atomic E-state index is -0.796. The molecule has 3 atom stereocenters. The topological polar surface area (TPSA) is 367 Å². The number of fused-ring (bicyclic) bond motifs is 3.